The molecule has 0 saturated heterocycles. The normalized spacial score (nSPS) is 13.3. The zero-order valence-corrected chi connectivity index (χ0v) is 31.7. The quantitative estimate of drug-likeness (QED) is 0.174. The van der Waals surface area contributed by atoms with Crippen LogP contribution in [0.3, 0.4) is 0 Å². The van der Waals surface area contributed by atoms with E-state index in [4.69, 9.17) is 0 Å². The summed E-state index contributed by atoms with van der Waals surface area (Å²) in [5.41, 5.74) is 21.4. The summed E-state index contributed by atoms with van der Waals surface area (Å²) in [6.07, 6.45) is 0. The summed E-state index contributed by atoms with van der Waals surface area (Å²) in [5, 5.41) is 5.05. The summed E-state index contributed by atoms with van der Waals surface area (Å²) in [7, 11) is 0. The molecule has 0 heterocycles. The van der Waals surface area contributed by atoms with Gasteiger partial charge in [-0.15, -0.1) is 0 Å². The largest absolute Gasteiger partial charge is 0.310 e. The Balaban J connectivity index is 1.05. The first-order valence-corrected chi connectivity index (χ1v) is 20.3. The van der Waals surface area contributed by atoms with Gasteiger partial charge in [0.1, 0.15) is 0 Å². The van der Waals surface area contributed by atoms with E-state index in [1.807, 2.05) is 0 Å². The summed E-state index contributed by atoms with van der Waals surface area (Å²) in [6.45, 7) is 0. The second-order valence-electron chi connectivity index (χ2n) is 16.0. The highest BCUT2D eigenvalue weighted by Crippen LogP contribution is 2.63. The molecule has 0 fully saturated rings. The Hall–Kier alpha value is -7.48. The smallest absolute Gasteiger partial charge is 0.0726 e. The van der Waals surface area contributed by atoms with E-state index < -0.39 is 5.41 Å². The third-order valence-electron chi connectivity index (χ3n) is 13.2. The van der Waals surface area contributed by atoms with Crippen LogP contribution in [-0.4, -0.2) is 0 Å². The molecule has 0 amide bonds. The Kier molecular flexibility index (Phi) is 6.43. The average Bonchev–Trinajstić information content (AvgIpc) is 3.76. The van der Waals surface area contributed by atoms with Crippen LogP contribution in [0.2, 0.25) is 0 Å². The van der Waals surface area contributed by atoms with Gasteiger partial charge in [-0.25, -0.2) is 0 Å². The van der Waals surface area contributed by atoms with Crippen molar-refractivity contribution in [2.75, 3.05) is 4.90 Å². The van der Waals surface area contributed by atoms with Crippen LogP contribution in [0.15, 0.2) is 212 Å². The highest BCUT2D eigenvalue weighted by atomic mass is 15.1. The molecule has 0 N–H and O–H groups in total. The fraction of sp³-hybridized carbons (Fsp3) is 0.0175. The first-order chi connectivity index (χ1) is 28.8. The van der Waals surface area contributed by atoms with Gasteiger partial charge in [0.2, 0.25) is 0 Å². The first kappa shape index (κ1) is 31.7. The van der Waals surface area contributed by atoms with Gasteiger partial charge in [0.25, 0.3) is 0 Å². The predicted molar refractivity (Wildman–Crippen MR) is 242 cm³/mol. The molecule has 0 bridgehead atoms. The minimum atomic E-state index is -0.424. The summed E-state index contributed by atoms with van der Waals surface area (Å²) in [5.74, 6) is 0. The van der Waals surface area contributed by atoms with Gasteiger partial charge in [-0.05, 0) is 149 Å². The third-order valence-corrected chi connectivity index (χ3v) is 13.2. The fourth-order valence-electron chi connectivity index (χ4n) is 10.7. The van der Waals surface area contributed by atoms with Crippen molar-refractivity contribution in [3.8, 4) is 55.6 Å². The number of rotatable bonds is 4. The summed E-state index contributed by atoms with van der Waals surface area (Å²) in [6, 6.07) is 79.3. The van der Waals surface area contributed by atoms with Crippen LogP contribution in [0, 0.1) is 0 Å². The molecule has 3 aliphatic rings. The van der Waals surface area contributed by atoms with Crippen molar-refractivity contribution in [3.63, 3.8) is 0 Å². The van der Waals surface area contributed by atoms with E-state index in [0.29, 0.717) is 0 Å². The lowest BCUT2D eigenvalue weighted by molar-refractivity contribution is 0.793. The molecule has 0 radical (unpaired) electrons. The number of nitrogens with zero attached hydrogens (tertiary/aromatic N) is 1. The van der Waals surface area contributed by atoms with Gasteiger partial charge in [-0.2, -0.15) is 0 Å². The van der Waals surface area contributed by atoms with Crippen molar-refractivity contribution in [1.82, 2.24) is 0 Å². The van der Waals surface area contributed by atoms with Gasteiger partial charge in [-0.1, -0.05) is 158 Å². The maximum Gasteiger partial charge on any atom is 0.0726 e. The van der Waals surface area contributed by atoms with Gasteiger partial charge in [0.05, 0.1) is 11.1 Å². The van der Waals surface area contributed by atoms with E-state index in [2.05, 4.69) is 217 Å². The minimum absolute atomic E-state index is 0.424. The van der Waals surface area contributed by atoms with Crippen LogP contribution in [0.4, 0.5) is 17.1 Å². The highest BCUT2D eigenvalue weighted by Gasteiger charge is 2.51. The van der Waals surface area contributed by atoms with Crippen molar-refractivity contribution in [2.45, 2.75) is 5.41 Å². The minimum Gasteiger partial charge on any atom is -0.310 e. The van der Waals surface area contributed by atoms with E-state index in [1.54, 1.807) is 0 Å². The molecule has 268 valence electrons. The molecule has 10 aromatic rings. The molecule has 3 aliphatic carbocycles. The third kappa shape index (κ3) is 4.20. The monoisotopic (exact) mass is 733 g/mol. The average molecular weight is 734 g/mol. The highest BCUT2D eigenvalue weighted by molar-refractivity contribution is 6.14. The number of anilines is 3. The molecule has 13 rings (SSSR count). The second kappa shape index (κ2) is 11.8. The second-order valence-corrected chi connectivity index (χ2v) is 16.0. The maximum absolute atomic E-state index is 2.50. The van der Waals surface area contributed by atoms with Crippen LogP contribution in [-0.2, 0) is 5.41 Å². The molecular formula is C57H35N. The lowest BCUT2D eigenvalue weighted by Gasteiger charge is -2.33. The van der Waals surface area contributed by atoms with Crippen molar-refractivity contribution in [3.05, 3.63) is 235 Å². The summed E-state index contributed by atoms with van der Waals surface area (Å²) in [4.78, 5) is 2.49. The van der Waals surface area contributed by atoms with Crippen molar-refractivity contribution in [1.29, 1.82) is 0 Å². The first-order valence-electron chi connectivity index (χ1n) is 20.3. The van der Waals surface area contributed by atoms with Crippen LogP contribution in [0.1, 0.15) is 22.3 Å². The molecule has 0 atom stereocenters. The Morgan fingerprint density at radius 2 is 0.741 bits per heavy atom. The zero-order chi connectivity index (χ0) is 38.0. The van der Waals surface area contributed by atoms with Gasteiger partial charge in [0.15, 0.2) is 0 Å². The van der Waals surface area contributed by atoms with Gasteiger partial charge < -0.3 is 4.90 Å². The Morgan fingerprint density at radius 3 is 1.36 bits per heavy atom. The topological polar surface area (TPSA) is 3.24 Å². The standard InChI is InChI=1S/C57H35N/c1-2-13-36(14-3-1)37-25-27-41(28-26-37)58(56-24-12-17-40-33-50-48-31-38-15-4-5-16-39(38)32-49(48)51(50)35-47(40)56)42-29-30-46-45-20-8-11-23-54(45)57(55(46)34-42)52-21-9-6-18-43(52)44-19-7-10-22-53(44)57/h1-35H. The van der Waals surface area contributed by atoms with Crippen LogP contribution in [0.5, 0.6) is 0 Å². The lowest BCUT2D eigenvalue weighted by atomic mass is 9.70. The number of hydrogen-bond donors (Lipinski definition) is 0. The summed E-state index contributed by atoms with van der Waals surface area (Å²) >= 11 is 0. The van der Waals surface area contributed by atoms with E-state index in [1.165, 1.54) is 105 Å². The SMILES string of the molecule is c1ccc(-c2ccc(N(c3ccc4c(c3)C3(c5ccccc5-c5ccccc53)c3ccccc3-4)c3cccc4cc5c(cc34)-c3cc4ccccc4cc3-5)cc2)cc1. The zero-order valence-electron chi connectivity index (χ0n) is 31.7. The van der Waals surface area contributed by atoms with Crippen LogP contribution >= 0.6 is 0 Å². The Labute approximate surface area is 337 Å². The molecule has 1 nitrogen and oxygen atoms in total. The maximum atomic E-state index is 2.50. The van der Waals surface area contributed by atoms with E-state index in [-0.39, 0.29) is 0 Å². The van der Waals surface area contributed by atoms with Crippen LogP contribution < -0.4 is 4.90 Å². The molecule has 1 heteroatoms. The van der Waals surface area contributed by atoms with Gasteiger partial charge in [-0.3, -0.25) is 0 Å². The van der Waals surface area contributed by atoms with E-state index in [9.17, 15) is 0 Å². The fourth-order valence-corrected chi connectivity index (χ4v) is 10.7. The van der Waals surface area contributed by atoms with Crippen LogP contribution in [0.25, 0.3) is 77.2 Å². The molecular weight excluding hydrogens is 699 g/mol. The van der Waals surface area contributed by atoms with Crippen molar-refractivity contribution < 1.29 is 0 Å². The Morgan fingerprint density at radius 1 is 0.276 bits per heavy atom. The molecule has 58 heavy (non-hydrogen) atoms. The number of hydrogen-bond acceptors (Lipinski definition) is 1. The molecule has 0 aliphatic heterocycles. The van der Waals surface area contributed by atoms with E-state index >= 15 is 0 Å². The van der Waals surface area contributed by atoms with Gasteiger partial charge >= 0.3 is 0 Å². The lowest BCUT2D eigenvalue weighted by Crippen LogP contribution is -2.26. The van der Waals surface area contributed by atoms with Crippen molar-refractivity contribution >= 4 is 38.6 Å². The predicted octanol–water partition coefficient (Wildman–Crippen LogP) is 15.1. The van der Waals surface area contributed by atoms with Gasteiger partial charge in [0, 0.05) is 16.8 Å². The molecule has 0 saturated carbocycles. The molecule has 10 aromatic carbocycles. The van der Waals surface area contributed by atoms with Crippen molar-refractivity contribution in [2.24, 2.45) is 0 Å². The number of benzene rings is 10. The molecule has 0 aromatic heterocycles. The van der Waals surface area contributed by atoms with E-state index in [0.717, 1.165) is 11.4 Å². The summed E-state index contributed by atoms with van der Waals surface area (Å²) < 4.78 is 0. The number of fused-ring (bicyclic) bond motifs is 16. The molecule has 0 unspecified atom stereocenters. The Bertz CT molecular complexity index is 3270. The molecule has 1 spiro atoms.